The molecule has 1 aromatic rings. The number of rotatable bonds is 4. The quantitative estimate of drug-likeness (QED) is 0.916. The number of aryl methyl sites for hydroxylation is 1. The molecule has 4 fully saturated rings. The van der Waals surface area contributed by atoms with Gasteiger partial charge < -0.3 is 5.73 Å². The van der Waals surface area contributed by atoms with Crippen LogP contribution in [-0.2, 0) is 12.0 Å². The van der Waals surface area contributed by atoms with Crippen molar-refractivity contribution < 1.29 is 0 Å². The van der Waals surface area contributed by atoms with Crippen molar-refractivity contribution >= 4 is 0 Å². The highest BCUT2D eigenvalue weighted by Gasteiger charge is 2.52. The summed E-state index contributed by atoms with van der Waals surface area (Å²) < 4.78 is 2.43. The van der Waals surface area contributed by atoms with Gasteiger partial charge in [0.25, 0.3) is 0 Å². The Morgan fingerprint density at radius 2 is 1.80 bits per heavy atom. The highest BCUT2D eigenvalue weighted by Crippen LogP contribution is 2.58. The summed E-state index contributed by atoms with van der Waals surface area (Å²) in [6.07, 6.45) is 12.9. The van der Waals surface area contributed by atoms with Crippen LogP contribution in [0.15, 0.2) is 6.20 Å². The lowest BCUT2D eigenvalue weighted by molar-refractivity contribution is -0.0504. The number of nitrogens with zero attached hydrogens (tertiary/aromatic N) is 2. The number of nitrogens with two attached hydrogens (primary N) is 1. The van der Waals surface area contributed by atoms with Gasteiger partial charge in [-0.05, 0) is 88.2 Å². The third-order valence-electron chi connectivity index (χ3n) is 6.22. The first-order valence-electron chi connectivity index (χ1n) is 8.44. The first kappa shape index (κ1) is 12.9. The molecule has 4 aliphatic carbocycles. The topological polar surface area (TPSA) is 43.8 Å². The molecule has 5 rings (SSSR count). The van der Waals surface area contributed by atoms with Crippen LogP contribution >= 0.6 is 0 Å². The highest BCUT2D eigenvalue weighted by molar-refractivity contribution is 5.20. The van der Waals surface area contributed by atoms with Gasteiger partial charge in [-0.3, -0.25) is 4.68 Å². The fraction of sp³-hybridized carbons (Fsp3) is 0.824. The Labute approximate surface area is 121 Å². The molecule has 3 heteroatoms. The molecule has 0 aliphatic heterocycles. The molecule has 4 saturated carbocycles. The minimum Gasteiger partial charge on any atom is -0.330 e. The van der Waals surface area contributed by atoms with Crippen molar-refractivity contribution in [3.05, 3.63) is 17.5 Å². The molecular weight excluding hydrogens is 246 g/mol. The molecule has 1 heterocycles. The lowest BCUT2D eigenvalue weighted by Crippen LogP contribution is -2.52. The van der Waals surface area contributed by atoms with E-state index in [9.17, 15) is 0 Å². The molecule has 0 atom stereocenters. The molecule has 0 aromatic carbocycles. The second-order valence-corrected chi connectivity index (χ2v) is 7.70. The molecule has 4 bridgehead atoms. The van der Waals surface area contributed by atoms with Gasteiger partial charge in [-0.25, -0.2) is 0 Å². The van der Waals surface area contributed by atoms with Gasteiger partial charge in [0, 0.05) is 5.69 Å². The van der Waals surface area contributed by atoms with E-state index in [0.717, 1.165) is 37.1 Å². The van der Waals surface area contributed by atoms with Gasteiger partial charge in [0.1, 0.15) is 0 Å². The summed E-state index contributed by atoms with van der Waals surface area (Å²) in [5.41, 5.74) is 8.87. The van der Waals surface area contributed by atoms with Crippen LogP contribution in [0.2, 0.25) is 0 Å². The van der Waals surface area contributed by atoms with Crippen LogP contribution in [0.25, 0.3) is 0 Å². The van der Waals surface area contributed by atoms with Crippen molar-refractivity contribution in [3.8, 4) is 0 Å². The molecule has 0 radical (unpaired) electrons. The summed E-state index contributed by atoms with van der Waals surface area (Å²) in [5.74, 6) is 2.95. The minimum atomic E-state index is 0.375. The number of hydrogen-bond donors (Lipinski definition) is 1. The molecule has 0 amide bonds. The van der Waals surface area contributed by atoms with Crippen molar-refractivity contribution in [1.82, 2.24) is 9.78 Å². The van der Waals surface area contributed by atoms with E-state index in [1.54, 1.807) is 0 Å². The Morgan fingerprint density at radius 1 is 1.20 bits per heavy atom. The molecule has 110 valence electrons. The monoisotopic (exact) mass is 273 g/mol. The Hall–Kier alpha value is -0.830. The zero-order valence-corrected chi connectivity index (χ0v) is 12.6. The fourth-order valence-electron chi connectivity index (χ4n) is 5.78. The van der Waals surface area contributed by atoms with Crippen molar-refractivity contribution in [1.29, 1.82) is 0 Å². The average Bonchev–Trinajstić information content (AvgIpc) is 2.77. The highest BCUT2D eigenvalue weighted by atomic mass is 15.3. The van der Waals surface area contributed by atoms with Gasteiger partial charge in [0.05, 0.1) is 11.7 Å². The van der Waals surface area contributed by atoms with E-state index >= 15 is 0 Å². The Bertz CT molecular complexity index is 467. The predicted molar refractivity (Wildman–Crippen MR) is 80.5 cm³/mol. The Morgan fingerprint density at radius 3 is 2.35 bits per heavy atom. The van der Waals surface area contributed by atoms with Crippen LogP contribution in [0.4, 0.5) is 0 Å². The maximum absolute atomic E-state index is 5.65. The van der Waals surface area contributed by atoms with E-state index in [4.69, 9.17) is 10.8 Å². The SMILES string of the molecule is Cc1c(CCCN)cnn1C12CC3CC(CC(C3)C1)C2. The first-order valence-corrected chi connectivity index (χ1v) is 8.44. The lowest BCUT2D eigenvalue weighted by Gasteiger charge is -2.57. The predicted octanol–water partition coefficient (Wildman–Crippen LogP) is 3.01. The van der Waals surface area contributed by atoms with Gasteiger partial charge in [-0.1, -0.05) is 0 Å². The zero-order valence-electron chi connectivity index (χ0n) is 12.6. The maximum atomic E-state index is 5.65. The Balaban J connectivity index is 1.65. The summed E-state index contributed by atoms with van der Waals surface area (Å²) >= 11 is 0. The molecular formula is C17H27N3. The van der Waals surface area contributed by atoms with Crippen LogP contribution in [0.5, 0.6) is 0 Å². The van der Waals surface area contributed by atoms with Crippen molar-refractivity contribution in [2.45, 2.75) is 63.8 Å². The van der Waals surface area contributed by atoms with E-state index in [0.29, 0.717) is 5.54 Å². The summed E-state index contributed by atoms with van der Waals surface area (Å²) in [4.78, 5) is 0. The maximum Gasteiger partial charge on any atom is 0.0638 e. The Kier molecular flexibility index (Phi) is 2.95. The van der Waals surface area contributed by atoms with Crippen molar-refractivity contribution in [2.24, 2.45) is 23.5 Å². The molecule has 0 unspecified atom stereocenters. The van der Waals surface area contributed by atoms with Gasteiger partial charge in [-0.15, -0.1) is 0 Å². The van der Waals surface area contributed by atoms with Crippen molar-refractivity contribution in [3.63, 3.8) is 0 Å². The smallest absolute Gasteiger partial charge is 0.0638 e. The van der Waals surface area contributed by atoms with E-state index in [1.807, 2.05) is 0 Å². The third-order valence-corrected chi connectivity index (χ3v) is 6.22. The number of aromatic nitrogens is 2. The van der Waals surface area contributed by atoms with Crippen LogP contribution < -0.4 is 5.73 Å². The second kappa shape index (κ2) is 4.59. The molecule has 3 nitrogen and oxygen atoms in total. The first-order chi connectivity index (χ1) is 9.70. The molecule has 0 spiro atoms. The summed E-state index contributed by atoms with van der Waals surface area (Å²) in [6, 6.07) is 0. The van der Waals surface area contributed by atoms with Gasteiger partial charge in [0.15, 0.2) is 0 Å². The van der Waals surface area contributed by atoms with E-state index in [1.165, 1.54) is 49.8 Å². The van der Waals surface area contributed by atoms with Crippen LogP contribution in [0, 0.1) is 24.7 Å². The minimum absolute atomic E-state index is 0.375. The average molecular weight is 273 g/mol. The standard InChI is InChI=1S/C17H27N3/c1-12-16(3-2-4-18)11-19-20(12)17-8-13-5-14(9-17)7-15(6-13)10-17/h11,13-15H,2-10,18H2,1H3. The third kappa shape index (κ3) is 1.86. The molecule has 2 N–H and O–H groups in total. The van der Waals surface area contributed by atoms with E-state index in [2.05, 4.69) is 17.8 Å². The van der Waals surface area contributed by atoms with Gasteiger partial charge in [-0.2, -0.15) is 5.10 Å². The van der Waals surface area contributed by atoms with E-state index in [-0.39, 0.29) is 0 Å². The van der Waals surface area contributed by atoms with Crippen molar-refractivity contribution in [2.75, 3.05) is 6.54 Å². The molecule has 4 aliphatic rings. The molecule has 1 aromatic heterocycles. The summed E-state index contributed by atoms with van der Waals surface area (Å²) in [7, 11) is 0. The van der Waals surface area contributed by atoms with Crippen LogP contribution in [-0.4, -0.2) is 16.3 Å². The zero-order chi connectivity index (χ0) is 13.7. The largest absolute Gasteiger partial charge is 0.330 e. The lowest BCUT2D eigenvalue weighted by atomic mass is 9.53. The normalized spacial score (nSPS) is 38.6. The second-order valence-electron chi connectivity index (χ2n) is 7.70. The van der Waals surface area contributed by atoms with E-state index < -0.39 is 0 Å². The van der Waals surface area contributed by atoms with Crippen LogP contribution in [0.3, 0.4) is 0 Å². The van der Waals surface area contributed by atoms with Gasteiger partial charge in [0.2, 0.25) is 0 Å². The summed E-state index contributed by atoms with van der Waals surface area (Å²) in [5, 5.41) is 4.83. The summed E-state index contributed by atoms with van der Waals surface area (Å²) in [6.45, 7) is 3.05. The van der Waals surface area contributed by atoms with Gasteiger partial charge >= 0.3 is 0 Å². The van der Waals surface area contributed by atoms with Crippen LogP contribution in [0.1, 0.15) is 56.2 Å². The molecule has 0 saturated heterocycles. The molecule has 20 heavy (non-hydrogen) atoms. The fourth-order valence-corrected chi connectivity index (χ4v) is 5.78. The number of hydrogen-bond acceptors (Lipinski definition) is 2.